The second kappa shape index (κ2) is 4.75. The monoisotopic (exact) mass is 210 g/mol. The summed E-state index contributed by atoms with van der Waals surface area (Å²) < 4.78 is 19.0. The second-order valence-electron chi connectivity index (χ2n) is 4.27. The molecule has 0 N–H and O–H groups in total. The lowest BCUT2D eigenvalue weighted by Crippen LogP contribution is -2.02. The Kier molecular flexibility index (Phi) is 3.86. The molecule has 1 nitrogen and oxygen atoms in total. The maximum atomic E-state index is 13.8. The van der Waals surface area contributed by atoms with Gasteiger partial charge in [0.25, 0.3) is 0 Å². The van der Waals surface area contributed by atoms with Crippen LogP contribution in [0.4, 0.5) is 4.39 Å². The number of hydrogen-bond donors (Lipinski definition) is 0. The molecule has 0 spiro atoms. The van der Waals surface area contributed by atoms with Crippen molar-refractivity contribution in [1.29, 1.82) is 0 Å². The average Bonchev–Trinajstić information content (AvgIpc) is 2.14. The molecule has 1 aromatic rings. The first-order valence-electron chi connectivity index (χ1n) is 5.30. The Morgan fingerprint density at radius 2 is 1.80 bits per heavy atom. The first kappa shape index (κ1) is 12.2. The van der Waals surface area contributed by atoms with Crippen molar-refractivity contribution in [2.75, 3.05) is 7.11 Å². The summed E-state index contributed by atoms with van der Waals surface area (Å²) in [6.45, 7) is 7.88. The van der Waals surface area contributed by atoms with Gasteiger partial charge < -0.3 is 4.74 Å². The molecule has 0 saturated heterocycles. The van der Waals surface area contributed by atoms with E-state index in [2.05, 4.69) is 0 Å². The third-order valence-electron chi connectivity index (χ3n) is 2.76. The lowest BCUT2D eigenvalue weighted by atomic mass is 9.94. The summed E-state index contributed by atoms with van der Waals surface area (Å²) in [5.74, 6) is 0.0980. The van der Waals surface area contributed by atoms with E-state index in [1.54, 1.807) is 13.2 Å². The zero-order valence-electron chi connectivity index (χ0n) is 10.1. The Morgan fingerprint density at radius 3 is 2.20 bits per heavy atom. The molecule has 1 rings (SSSR count). The summed E-state index contributed by atoms with van der Waals surface area (Å²) in [7, 11) is 1.63. The highest BCUT2D eigenvalue weighted by atomic mass is 19.1. The Labute approximate surface area is 91.3 Å². The highest BCUT2D eigenvalue weighted by molar-refractivity contribution is 5.35. The maximum absolute atomic E-state index is 13.8. The summed E-state index contributed by atoms with van der Waals surface area (Å²) in [5, 5.41) is 0. The molecule has 1 aromatic carbocycles. The first-order valence-corrected chi connectivity index (χ1v) is 5.30. The van der Waals surface area contributed by atoms with E-state index in [0.717, 1.165) is 16.7 Å². The van der Waals surface area contributed by atoms with Crippen LogP contribution in [0.2, 0.25) is 0 Å². The number of benzene rings is 1. The molecule has 2 heteroatoms. The van der Waals surface area contributed by atoms with Gasteiger partial charge in [-0.05, 0) is 42.5 Å². The van der Waals surface area contributed by atoms with Crippen LogP contribution in [0.25, 0.3) is 0 Å². The molecule has 0 heterocycles. The van der Waals surface area contributed by atoms with Crippen LogP contribution < -0.4 is 0 Å². The molecule has 0 radical (unpaired) electrons. The molecule has 0 amide bonds. The summed E-state index contributed by atoms with van der Waals surface area (Å²) in [6, 6.07) is 3.59. The van der Waals surface area contributed by atoms with Crippen LogP contribution in [0, 0.1) is 12.7 Å². The molecular formula is C13H19FO. The molecule has 0 saturated carbocycles. The van der Waals surface area contributed by atoms with Crippen LogP contribution in [0.1, 0.15) is 49.5 Å². The van der Waals surface area contributed by atoms with E-state index >= 15 is 0 Å². The van der Waals surface area contributed by atoms with Crippen molar-refractivity contribution in [2.24, 2.45) is 0 Å². The van der Waals surface area contributed by atoms with E-state index in [4.69, 9.17) is 4.74 Å². The van der Waals surface area contributed by atoms with Gasteiger partial charge in [-0.3, -0.25) is 0 Å². The zero-order chi connectivity index (χ0) is 11.6. The number of ether oxygens (including phenoxy) is 1. The van der Waals surface area contributed by atoms with Gasteiger partial charge in [0.05, 0.1) is 6.10 Å². The van der Waals surface area contributed by atoms with Crippen molar-refractivity contribution in [3.8, 4) is 0 Å². The molecule has 84 valence electrons. The Bertz CT molecular complexity index is 321. The Hall–Kier alpha value is -0.890. The zero-order valence-corrected chi connectivity index (χ0v) is 10.1. The fourth-order valence-electron chi connectivity index (χ4n) is 1.88. The van der Waals surface area contributed by atoms with Crippen LogP contribution >= 0.6 is 0 Å². The largest absolute Gasteiger partial charge is 0.377 e. The van der Waals surface area contributed by atoms with E-state index in [1.807, 2.05) is 33.8 Å². The van der Waals surface area contributed by atoms with Gasteiger partial charge in [-0.25, -0.2) is 4.39 Å². The van der Waals surface area contributed by atoms with Crippen LogP contribution in [-0.4, -0.2) is 7.11 Å². The van der Waals surface area contributed by atoms with E-state index in [0.29, 0.717) is 0 Å². The van der Waals surface area contributed by atoms with Crippen LogP contribution in [0.3, 0.4) is 0 Å². The highest BCUT2D eigenvalue weighted by Gasteiger charge is 2.13. The Morgan fingerprint density at radius 1 is 1.20 bits per heavy atom. The van der Waals surface area contributed by atoms with Crippen molar-refractivity contribution in [2.45, 2.75) is 39.7 Å². The molecule has 0 aromatic heterocycles. The number of hydrogen-bond acceptors (Lipinski definition) is 1. The van der Waals surface area contributed by atoms with E-state index < -0.39 is 0 Å². The number of aryl methyl sites for hydroxylation is 1. The molecule has 0 bridgehead atoms. The fourth-order valence-corrected chi connectivity index (χ4v) is 1.88. The van der Waals surface area contributed by atoms with Crippen molar-refractivity contribution >= 4 is 0 Å². The second-order valence-corrected chi connectivity index (χ2v) is 4.27. The Balaban J connectivity index is 3.19. The van der Waals surface area contributed by atoms with E-state index in [-0.39, 0.29) is 17.8 Å². The average molecular weight is 210 g/mol. The third-order valence-corrected chi connectivity index (χ3v) is 2.76. The summed E-state index contributed by atoms with van der Waals surface area (Å²) in [5.41, 5.74) is 2.71. The molecule has 1 unspecified atom stereocenters. The summed E-state index contributed by atoms with van der Waals surface area (Å²) in [6.07, 6.45) is -0.0561. The minimum atomic E-state index is -0.121. The first-order chi connectivity index (χ1) is 6.97. The van der Waals surface area contributed by atoms with Gasteiger partial charge in [0.2, 0.25) is 0 Å². The van der Waals surface area contributed by atoms with Gasteiger partial charge in [-0.2, -0.15) is 0 Å². The molecule has 15 heavy (non-hydrogen) atoms. The van der Waals surface area contributed by atoms with Crippen molar-refractivity contribution < 1.29 is 9.13 Å². The van der Waals surface area contributed by atoms with Crippen molar-refractivity contribution in [1.82, 2.24) is 0 Å². The number of halogens is 1. The normalized spacial score (nSPS) is 13.3. The predicted octanol–water partition coefficient (Wildman–Crippen LogP) is 3.96. The minimum absolute atomic E-state index is 0.0561. The van der Waals surface area contributed by atoms with Crippen LogP contribution in [-0.2, 0) is 4.74 Å². The molecule has 0 aliphatic heterocycles. The van der Waals surface area contributed by atoms with Gasteiger partial charge in [0, 0.05) is 7.11 Å². The fraction of sp³-hybridized carbons (Fsp3) is 0.538. The molecule has 1 atom stereocenters. The lowest BCUT2D eigenvalue weighted by molar-refractivity contribution is 0.119. The number of rotatable bonds is 3. The lowest BCUT2D eigenvalue weighted by Gasteiger charge is -2.16. The van der Waals surface area contributed by atoms with Gasteiger partial charge in [-0.1, -0.05) is 19.9 Å². The molecule has 0 aliphatic carbocycles. The van der Waals surface area contributed by atoms with Gasteiger partial charge in [0.15, 0.2) is 0 Å². The van der Waals surface area contributed by atoms with Gasteiger partial charge in [-0.15, -0.1) is 0 Å². The SMILES string of the molecule is COC(C)c1cc(C)c(C(C)C)c(F)c1. The van der Waals surface area contributed by atoms with Crippen LogP contribution in [0.5, 0.6) is 0 Å². The summed E-state index contributed by atoms with van der Waals surface area (Å²) in [4.78, 5) is 0. The van der Waals surface area contributed by atoms with Gasteiger partial charge in [0.1, 0.15) is 5.82 Å². The quantitative estimate of drug-likeness (QED) is 0.733. The molecule has 0 fully saturated rings. The van der Waals surface area contributed by atoms with Gasteiger partial charge >= 0.3 is 0 Å². The smallest absolute Gasteiger partial charge is 0.127 e. The molecule has 0 aliphatic rings. The maximum Gasteiger partial charge on any atom is 0.127 e. The standard InChI is InChI=1S/C13H19FO/c1-8(2)13-9(3)6-11(7-12(13)14)10(4)15-5/h6-8,10H,1-5H3. The van der Waals surface area contributed by atoms with Crippen LogP contribution in [0.15, 0.2) is 12.1 Å². The summed E-state index contributed by atoms with van der Waals surface area (Å²) >= 11 is 0. The van der Waals surface area contributed by atoms with Crippen molar-refractivity contribution in [3.05, 3.63) is 34.6 Å². The topological polar surface area (TPSA) is 9.23 Å². The predicted molar refractivity (Wildman–Crippen MR) is 60.7 cm³/mol. The highest BCUT2D eigenvalue weighted by Crippen LogP contribution is 2.27. The van der Waals surface area contributed by atoms with Crippen molar-refractivity contribution in [3.63, 3.8) is 0 Å². The van der Waals surface area contributed by atoms with E-state index in [1.165, 1.54) is 0 Å². The third kappa shape index (κ3) is 2.57. The molecular weight excluding hydrogens is 191 g/mol. The van der Waals surface area contributed by atoms with E-state index in [9.17, 15) is 4.39 Å². The number of methoxy groups -OCH3 is 1. The minimum Gasteiger partial charge on any atom is -0.377 e.